The summed E-state index contributed by atoms with van der Waals surface area (Å²) in [5.74, 6) is 0.617. The molecule has 5 heteroatoms. The van der Waals surface area contributed by atoms with Crippen LogP contribution < -0.4 is 0 Å². The molecule has 2 heterocycles. The average Bonchev–Trinajstić information content (AvgIpc) is 2.50. The first-order valence-corrected chi connectivity index (χ1v) is 5.07. The predicted octanol–water partition coefficient (Wildman–Crippen LogP) is 1.28. The second-order valence-corrected chi connectivity index (χ2v) is 4.06. The number of nitriles is 1. The van der Waals surface area contributed by atoms with Crippen LogP contribution in [-0.4, -0.2) is 29.2 Å². The zero-order chi connectivity index (χ0) is 10.1. The Bertz CT molecular complexity index is 365. The molecule has 1 aliphatic rings. The Labute approximate surface area is 89.9 Å². The van der Waals surface area contributed by atoms with E-state index in [4.69, 9.17) is 14.8 Å². The summed E-state index contributed by atoms with van der Waals surface area (Å²) in [6, 6.07) is 5.30. The summed E-state index contributed by atoms with van der Waals surface area (Å²) in [5.41, 5.74) is 0. The molecular weight excluding hydrogens is 248 g/mol. The molecule has 0 radical (unpaired) electrons. The zero-order valence-corrected chi connectivity index (χ0v) is 8.94. The van der Waals surface area contributed by atoms with Crippen molar-refractivity contribution in [1.29, 1.82) is 5.26 Å². The first-order valence-electron chi connectivity index (χ1n) is 4.27. The van der Waals surface area contributed by atoms with Gasteiger partial charge in [-0.05, 0) is 28.1 Å². The Hall–Kier alpha value is -0.830. The minimum atomic E-state index is -0.385. The van der Waals surface area contributed by atoms with Crippen molar-refractivity contribution in [3.63, 3.8) is 0 Å². The molecular formula is C9H9BrN2O2. The minimum absolute atomic E-state index is 0.302. The lowest BCUT2D eigenvalue weighted by atomic mass is 10.1. The SMILES string of the molecule is N#C[C@@H](c1ccc(Br)o1)N1CC(O)C1. The zero-order valence-electron chi connectivity index (χ0n) is 7.35. The quantitative estimate of drug-likeness (QED) is 0.867. The van der Waals surface area contributed by atoms with Crippen LogP contribution in [-0.2, 0) is 0 Å². The van der Waals surface area contributed by atoms with E-state index in [0.29, 0.717) is 23.5 Å². The summed E-state index contributed by atoms with van der Waals surface area (Å²) in [4.78, 5) is 1.87. The van der Waals surface area contributed by atoms with Gasteiger partial charge in [0.2, 0.25) is 0 Å². The first-order chi connectivity index (χ1) is 6.70. The maximum Gasteiger partial charge on any atom is 0.169 e. The lowest BCUT2D eigenvalue weighted by Crippen LogP contribution is -2.51. The number of halogens is 1. The maximum atomic E-state index is 9.12. The third kappa shape index (κ3) is 1.69. The molecule has 1 aliphatic heterocycles. The van der Waals surface area contributed by atoms with Crippen LogP contribution in [0.3, 0.4) is 0 Å². The van der Waals surface area contributed by atoms with Crippen LogP contribution in [0.5, 0.6) is 0 Å². The summed E-state index contributed by atoms with van der Waals surface area (Å²) in [6.45, 7) is 1.08. The summed E-state index contributed by atoms with van der Waals surface area (Å²) in [5, 5.41) is 18.1. The van der Waals surface area contributed by atoms with Crippen LogP contribution in [0.4, 0.5) is 0 Å². The van der Waals surface area contributed by atoms with E-state index < -0.39 is 0 Å². The standard InChI is InChI=1S/C9H9BrN2O2/c10-9-2-1-8(14-9)7(3-11)12-4-6(13)5-12/h1-2,6-7,13H,4-5H2/t7-/m0/s1. The van der Waals surface area contributed by atoms with Gasteiger partial charge < -0.3 is 9.52 Å². The third-order valence-electron chi connectivity index (χ3n) is 2.24. The topological polar surface area (TPSA) is 60.4 Å². The van der Waals surface area contributed by atoms with Gasteiger partial charge in [-0.3, -0.25) is 4.90 Å². The van der Waals surface area contributed by atoms with E-state index in [9.17, 15) is 0 Å². The molecule has 1 fully saturated rings. The van der Waals surface area contributed by atoms with E-state index >= 15 is 0 Å². The Morgan fingerprint density at radius 1 is 1.64 bits per heavy atom. The molecule has 0 bridgehead atoms. The Morgan fingerprint density at radius 2 is 2.36 bits per heavy atom. The summed E-state index contributed by atoms with van der Waals surface area (Å²) >= 11 is 3.19. The molecule has 14 heavy (non-hydrogen) atoms. The number of aliphatic hydroxyl groups is 1. The van der Waals surface area contributed by atoms with Gasteiger partial charge in [-0.25, -0.2) is 0 Å². The summed E-state index contributed by atoms with van der Waals surface area (Å²) < 4.78 is 5.92. The molecule has 0 aromatic carbocycles. The van der Waals surface area contributed by atoms with Crippen molar-refractivity contribution in [1.82, 2.24) is 4.90 Å². The lowest BCUT2D eigenvalue weighted by Gasteiger charge is -2.37. The van der Waals surface area contributed by atoms with Crippen molar-refractivity contribution in [3.05, 3.63) is 22.6 Å². The molecule has 1 saturated heterocycles. The van der Waals surface area contributed by atoms with E-state index in [0.717, 1.165) is 0 Å². The Morgan fingerprint density at radius 3 is 2.79 bits per heavy atom. The number of rotatable bonds is 2. The minimum Gasteiger partial charge on any atom is -0.452 e. The van der Waals surface area contributed by atoms with Crippen molar-refractivity contribution in [2.45, 2.75) is 12.1 Å². The second kappa shape index (κ2) is 3.73. The number of hydrogen-bond acceptors (Lipinski definition) is 4. The van der Waals surface area contributed by atoms with Gasteiger partial charge in [0.1, 0.15) is 5.76 Å². The van der Waals surface area contributed by atoms with Crippen molar-refractivity contribution in [3.8, 4) is 6.07 Å². The normalized spacial score (nSPS) is 20.1. The summed E-state index contributed by atoms with van der Waals surface area (Å²) in [7, 11) is 0. The molecule has 0 amide bonds. The van der Waals surface area contributed by atoms with Gasteiger partial charge in [-0.2, -0.15) is 5.26 Å². The fraction of sp³-hybridized carbons (Fsp3) is 0.444. The van der Waals surface area contributed by atoms with Crippen LogP contribution in [0.1, 0.15) is 11.8 Å². The fourth-order valence-electron chi connectivity index (χ4n) is 1.50. The van der Waals surface area contributed by atoms with Gasteiger partial charge in [0, 0.05) is 13.1 Å². The van der Waals surface area contributed by atoms with Gasteiger partial charge in [-0.1, -0.05) is 0 Å². The number of hydrogen-bond donors (Lipinski definition) is 1. The van der Waals surface area contributed by atoms with Gasteiger partial charge in [-0.15, -0.1) is 0 Å². The van der Waals surface area contributed by atoms with E-state index in [1.54, 1.807) is 12.1 Å². The van der Waals surface area contributed by atoms with E-state index in [1.807, 2.05) is 4.90 Å². The molecule has 1 N–H and O–H groups in total. The van der Waals surface area contributed by atoms with E-state index in [-0.39, 0.29) is 12.1 Å². The van der Waals surface area contributed by atoms with Crippen LogP contribution in [0, 0.1) is 11.3 Å². The van der Waals surface area contributed by atoms with E-state index in [2.05, 4.69) is 22.0 Å². The predicted molar refractivity (Wildman–Crippen MR) is 52.3 cm³/mol. The maximum absolute atomic E-state index is 9.12. The van der Waals surface area contributed by atoms with Gasteiger partial charge in [0.25, 0.3) is 0 Å². The molecule has 74 valence electrons. The Kier molecular flexibility index (Phi) is 2.59. The van der Waals surface area contributed by atoms with Crippen molar-refractivity contribution >= 4 is 15.9 Å². The van der Waals surface area contributed by atoms with Crippen molar-refractivity contribution in [2.24, 2.45) is 0 Å². The molecule has 1 aromatic heterocycles. The molecule has 1 aromatic rings. The number of nitrogens with zero attached hydrogens (tertiary/aromatic N) is 2. The first kappa shape index (κ1) is 9.71. The van der Waals surface area contributed by atoms with Crippen LogP contribution in [0.25, 0.3) is 0 Å². The van der Waals surface area contributed by atoms with Crippen LogP contribution in [0.15, 0.2) is 21.2 Å². The molecule has 0 aliphatic carbocycles. The highest BCUT2D eigenvalue weighted by molar-refractivity contribution is 9.10. The number of aliphatic hydroxyl groups excluding tert-OH is 1. The second-order valence-electron chi connectivity index (χ2n) is 3.28. The van der Waals surface area contributed by atoms with Gasteiger partial charge in [0.15, 0.2) is 10.7 Å². The number of likely N-dealkylation sites (tertiary alicyclic amines) is 1. The van der Waals surface area contributed by atoms with Crippen LogP contribution >= 0.6 is 15.9 Å². The van der Waals surface area contributed by atoms with Gasteiger partial charge >= 0.3 is 0 Å². The third-order valence-corrected chi connectivity index (χ3v) is 2.67. The Balaban J connectivity index is 2.11. The molecule has 2 rings (SSSR count). The van der Waals surface area contributed by atoms with E-state index in [1.165, 1.54) is 0 Å². The van der Waals surface area contributed by atoms with Crippen molar-refractivity contribution < 1.29 is 9.52 Å². The summed E-state index contributed by atoms with van der Waals surface area (Å²) in [6.07, 6.45) is -0.302. The molecule has 1 atom stereocenters. The molecule has 4 nitrogen and oxygen atoms in total. The van der Waals surface area contributed by atoms with Gasteiger partial charge in [0.05, 0.1) is 12.2 Å². The highest BCUT2D eigenvalue weighted by atomic mass is 79.9. The average molecular weight is 257 g/mol. The highest BCUT2D eigenvalue weighted by Gasteiger charge is 2.33. The molecule has 0 saturated carbocycles. The smallest absolute Gasteiger partial charge is 0.169 e. The van der Waals surface area contributed by atoms with Crippen LogP contribution in [0.2, 0.25) is 0 Å². The monoisotopic (exact) mass is 256 g/mol. The largest absolute Gasteiger partial charge is 0.452 e. The molecule has 0 unspecified atom stereocenters. The number of β-amino-alcohol motifs (C(OH)–C–C–N with tert-alkyl or cyclic N) is 1. The van der Waals surface area contributed by atoms with Crippen molar-refractivity contribution in [2.75, 3.05) is 13.1 Å². The number of furan rings is 1. The highest BCUT2D eigenvalue weighted by Crippen LogP contribution is 2.28. The fourth-order valence-corrected chi connectivity index (χ4v) is 1.82. The lowest BCUT2D eigenvalue weighted by molar-refractivity contribution is -0.0168. The molecule has 0 spiro atoms.